The summed E-state index contributed by atoms with van der Waals surface area (Å²) >= 11 is 0. The molecule has 0 bridgehead atoms. The van der Waals surface area contributed by atoms with Crippen molar-refractivity contribution in [2.24, 2.45) is 0 Å². The molecule has 0 amide bonds. The molecular weight excluding hydrogens is 196 g/mol. The minimum Gasteiger partial charge on any atom is -0.356 e. The van der Waals surface area contributed by atoms with Crippen molar-refractivity contribution >= 4 is 37.7 Å². The van der Waals surface area contributed by atoms with Gasteiger partial charge < -0.3 is 30.6 Å². The Morgan fingerprint density at radius 3 is 0.818 bits per heavy atom. The van der Waals surface area contributed by atoms with Crippen molar-refractivity contribution in [2.75, 3.05) is 0 Å². The maximum absolute atomic E-state index is 8.25. The molecule has 0 atom stereocenters. The molecule has 0 aliphatic heterocycles. The first-order valence-corrected chi connectivity index (χ1v) is 1.30. The van der Waals surface area contributed by atoms with Crippen LogP contribution in [0.2, 0.25) is 0 Å². The molecule has 11 heteroatoms. The summed E-state index contributed by atoms with van der Waals surface area (Å²) < 4.78 is 0. The molecule has 11 heavy (non-hydrogen) atoms. The van der Waals surface area contributed by atoms with E-state index in [1.807, 2.05) is 0 Å². The molecule has 0 heterocycles. The average molecular weight is 198 g/mol. The first-order chi connectivity index (χ1) is 4.46. The monoisotopic (exact) mass is 198 g/mol. The molecule has 0 fully saturated rings. The average Bonchev–Trinajstić information content (AvgIpc) is 1.66. The Hall–Kier alpha value is -0.420. The van der Waals surface area contributed by atoms with Crippen LogP contribution in [0.15, 0.2) is 0 Å². The summed E-state index contributed by atoms with van der Waals surface area (Å²) in [7, 11) is 0. The van der Waals surface area contributed by atoms with Crippen LogP contribution in [0.5, 0.6) is 0 Å². The van der Waals surface area contributed by atoms with Gasteiger partial charge in [0.2, 0.25) is 0 Å². The summed E-state index contributed by atoms with van der Waals surface area (Å²) in [6.07, 6.45) is 0. The smallest absolute Gasteiger partial charge is 0.356 e. The molecule has 0 aromatic carbocycles. The van der Waals surface area contributed by atoms with E-state index in [4.69, 9.17) is 41.2 Å². The molecule has 0 saturated carbocycles. The van der Waals surface area contributed by atoms with Gasteiger partial charge in [0.05, 0.1) is 10.2 Å². The topological polar surface area (TPSA) is 173 Å². The van der Waals surface area contributed by atoms with Gasteiger partial charge in [-0.25, -0.2) is 0 Å². The fraction of sp³-hybridized carbons (Fsp3) is 0. The van der Waals surface area contributed by atoms with Gasteiger partial charge in [-0.05, 0) is 0 Å². The van der Waals surface area contributed by atoms with Crippen LogP contribution in [0.25, 0.3) is 0 Å². The van der Waals surface area contributed by atoms with E-state index in [0.29, 0.717) is 0 Å². The SMILES string of the molecule is O=[N+]([O-])[O-].O=[N+]([O-])[O-].OO.[Ca+2]. The minimum atomic E-state index is -1.75. The third-order valence-corrected chi connectivity index (χ3v) is 0. The molecule has 10 nitrogen and oxygen atoms in total. The maximum Gasteiger partial charge on any atom is 2.00 e. The van der Waals surface area contributed by atoms with Gasteiger partial charge >= 0.3 is 37.7 Å². The van der Waals surface area contributed by atoms with E-state index in [9.17, 15) is 0 Å². The first kappa shape index (κ1) is 22.4. The van der Waals surface area contributed by atoms with Crippen molar-refractivity contribution in [2.45, 2.75) is 0 Å². The summed E-state index contributed by atoms with van der Waals surface area (Å²) in [5.41, 5.74) is 0. The molecule has 2 N–H and O–H groups in total. The van der Waals surface area contributed by atoms with Crippen molar-refractivity contribution in [1.29, 1.82) is 0 Å². The summed E-state index contributed by atoms with van der Waals surface area (Å²) in [4.78, 5) is 16.5. The fourth-order valence-electron chi connectivity index (χ4n) is 0. The van der Waals surface area contributed by atoms with E-state index in [1.54, 1.807) is 0 Å². The molecule has 0 saturated heterocycles. The van der Waals surface area contributed by atoms with Crippen molar-refractivity contribution < 1.29 is 20.7 Å². The molecule has 0 spiro atoms. The number of nitrogens with zero attached hydrogens (tertiary/aromatic N) is 2. The number of rotatable bonds is 0. The predicted octanol–water partition coefficient (Wildman–Crippen LogP) is -0.842. The molecule has 0 radical (unpaired) electrons. The van der Waals surface area contributed by atoms with Gasteiger partial charge in [0.15, 0.2) is 0 Å². The maximum atomic E-state index is 8.25. The van der Waals surface area contributed by atoms with E-state index in [1.165, 1.54) is 0 Å². The van der Waals surface area contributed by atoms with Crippen LogP contribution in [-0.2, 0) is 0 Å². The van der Waals surface area contributed by atoms with Crippen LogP contribution in [0.1, 0.15) is 0 Å². The molecule has 0 aromatic heterocycles. The molecule has 0 aromatic rings. The largest absolute Gasteiger partial charge is 2.00 e. The van der Waals surface area contributed by atoms with E-state index in [0.717, 1.165) is 0 Å². The summed E-state index contributed by atoms with van der Waals surface area (Å²) in [5, 5.41) is 41.5. The molecule has 0 aliphatic rings. The second-order valence-electron chi connectivity index (χ2n) is 0.447. The Morgan fingerprint density at radius 2 is 0.818 bits per heavy atom. The Kier molecular flexibility index (Phi) is 46.2. The van der Waals surface area contributed by atoms with Gasteiger partial charge in [0.1, 0.15) is 0 Å². The molecule has 0 unspecified atom stereocenters. The summed E-state index contributed by atoms with van der Waals surface area (Å²) in [6, 6.07) is 0. The summed E-state index contributed by atoms with van der Waals surface area (Å²) in [6.45, 7) is 0. The van der Waals surface area contributed by atoms with Crippen LogP contribution >= 0.6 is 0 Å². The van der Waals surface area contributed by atoms with Gasteiger partial charge in [-0.1, -0.05) is 0 Å². The van der Waals surface area contributed by atoms with Crippen molar-refractivity contribution in [1.82, 2.24) is 0 Å². The fourth-order valence-corrected chi connectivity index (χ4v) is 0. The van der Waals surface area contributed by atoms with Gasteiger partial charge in [-0.3, -0.25) is 10.5 Å². The normalized spacial score (nSPS) is 4.91. The quantitative estimate of drug-likeness (QED) is 0.219. The van der Waals surface area contributed by atoms with Crippen LogP contribution in [0.4, 0.5) is 0 Å². The van der Waals surface area contributed by atoms with E-state index in [-0.39, 0.29) is 37.7 Å². The van der Waals surface area contributed by atoms with Gasteiger partial charge in [0.25, 0.3) is 0 Å². The standard InChI is InChI=1S/Ca.2NO3.H2O2/c;2*2-1(3)4;1-2/h;;;1-2H/q+2;2*-1;. The number of hydrogen-bond acceptors (Lipinski definition) is 8. The zero-order valence-electron chi connectivity index (χ0n) is 4.95. The number of hydrogen-bond donors (Lipinski definition) is 2. The second kappa shape index (κ2) is 22.7. The molecular formula is H2CaN2O8. The van der Waals surface area contributed by atoms with Gasteiger partial charge in [0, 0.05) is 0 Å². The molecule has 62 valence electrons. The third kappa shape index (κ3) is 3120. The zero-order valence-corrected chi connectivity index (χ0v) is 7.15. The van der Waals surface area contributed by atoms with E-state index >= 15 is 0 Å². The van der Waals surface area contributed by atoms with Crippen LogP contribution in [-0.4, -0.2) is 58.4 Å². The molecule has 0 rings (SSSR count). The Labute approximate surface area is 88.8 Å². The summed E-state index contributed by atoms with van der Waals surface area (Å²) in [5.74, 6) is 0. The molecule has 0 aliphatic carbocycles. The van der Waals surface area contributed by atoms with Crippen molar-refractivity contribution in [3.8, 4) is 0 Å². The Bertz CT molecular complexity index is 70.1. The van der Waals surface area contributed by atoms with Crippen LogP contribution in [0, 0.1) is 30.6 Å². The van der Waals surface area contributed by atoms with Crippen molar-refractivity contribution in [3.63, 3.8) is 0 Å². The van der Waals surface area contributed by atoms with E-state index in [2.05, 4.69) is 0 Å². The minimum absolute atomic E-state index is 0. The van der Waals surface area contributed by atoms with E-state index < -0.39 is 10.2 Å². The van der Waals surface area contributed by atoms with Gasteiger partial charge in [-0.15, -0.1) is 0 Å². The first-order valence-electron chi connectivity index (χ1n) is 1.30. The van der Waals surface area contributed by atoms with Crippen molar-refractivity contribution in [3.05, 3.63) is 30.6 Å². The Morgan fingerprint density at radius 1 is 0.818 bits per heavy atom. The van der Waals surface area contributed by atoms with Crippen LogP contribution in [0.3, 0.4) is 0 Å². The van der Waals surface area contributed by atoms with Gasteiger partial charge in [-0.2, -0.15) is 0 Å². The predicted molar refractivity (Wildman–Crippen MR) is 31.7 cm³/mol. The Balaban J connectivity index is -0.0000000339. The third-order valence-electron chi connectivity index (χ3n) is 0. The van der Waals surface area contributed by atoms with Crippen LogP contribution < -0.4 is 0 Å². The zero-order chi connectivity index (χ0) is 9.15. The second-order valence-corrected chi connectivity index (χ2v) is 0.447.